The third kappa shape index (κ3) is 5.56. The third-order valence-corrected chi connectivity index (χ3v) is 4.74. The molecule has 1 aliphatic carbocycles. The fraction of sp³-hybridized carbons (Fsp3) is 0.875. The van der Waals surface area contributed by atoms with Crippen LogP contribution in [0.25, 0.3) is 0 Å². The molecule has 5 heteroatoms. The Balaban J connectivity index is 2.54. The van der Waals surface area contributed by atoms with E-state index in [1.54, 1.807) is 0 Å². The Morgan fingerprint density at radius 1 is 1.10 bits per heavy atom. The molecule has 0 spiro atoms. The van der Waals surface area contributed by atoms with E-state index in [0.717, 1.165) is 25.7 Å². The predicted molar refractivity (Wildman–Crippen MR) is 83.2 cm³/mol. The maximum Gasteiger partial charge on any atom is 0.326 e. The number of carboxylic acid groups (broad SMARTS) is 1. The van der Waals surface area contributed by atoms with Gasteiger partial charge in [-0.15, -0.1) is 0 Å². The maximum absolute atomic E-state index is 12.1. The second-order valence-corrected chi connectivity index (χ2v) is 6.23. The van der Waals surface area contributed by atoms with Crippen molar-refractivity contribution in [2.24, 2.45) is 11.8 Å². The van der Waals surface area contributed by atoms with Gasteiger partial charge in [0.2, 0.25) is 0 Å². The molecule has 3 N–H and O–H groups in total. The summed E-state index contributed by atoms with van der Waals surface area (Å²) in [5.74, 6) is -0.519. The van der Waals surface area contributed by atoms with Gasteiger partial charge in [0.25, 0.3) is 0 Å². The van der Waals surface area contributed by atoms with Gasteiger partial charge in [-0.05, 0) is 31.1 Å². The van der Waals surface area contributed by atoms with Crippen LogP contribution < -0.4 is 10.6 Å². The molecule has 0 aromatic carbocycles. The lowest BCUT2D eigenvalue weighted by molar-refractivity contribution is -0.140. The molecule has 122 valence electrons. The van der Waals surface area contributed by atoms with E-state index in [1.165, 1.54) is 19.3 Å². The second-order valence-electron chi connectivity index (χ2n) is 6.23. The largest absolute Gasteiger partial charge is 0.480 e. The first-order valence-electron chi connectivity index (χ1n) is 8.29. The summed E-state index contributed by atoms with van der Waals surface area (Å²) < 4.78 is 0. The number of carbonyl (C=O) groups is 2. The molecule has 3 atom stereocenters. The lowest BCUT2D eigenvalue weighted by atomic mass is 9.83. The van der Waals surface area contributed by atoms with Crippen LogP contribution in [0.1, 0.15) is 65.7 Å². The summed E-state index contributed by atoms with van der Waals surface area (Å²) in [6, 6.07) is -1.02. The number of urea groups is 1. The van der Waals surface area contributed by atoms with Gasteiger partial charge in [0.15, 0.2) is 0 Å². The smallest absolute Gasteiger partial charge is 0.326 e. The maximum atomic E-state index is 12.1. The van der Waals surface area contributed by atoms with Crippen molar-refractivity contribution < 1.29 is 14.7 Å². The van der Waals surface area contributed by atoms with Gasteiger partial charge in [0.1, 0.15) is 6.04 Å². The Labute approximate surface area is 127 Å². The zero-order chi connectivity index (χ0) is 15.8. The van der Waals surface area contributed by atoms with Crippen LogP contribution in [0.15, 0.2) is 0 Å². The van der Waals surface area contributed by atoms with Crippen LogP contribution in [0, 0.1) is 11.8 Å². The Morgan fingerprint density at radius 2 is 1.71 bits per heavy atom. The van der Waals surface area contributed by atoms with Crippen molar-refractivity contribution in [1.29, 1.82) is 0 Å². The van der Waals surface area contributed by atoms with E-state index >= 15 is 0 Å². The number of rotatable bonds is 7. The molecule has 21 heavy (non-hydrogen) atoms. The molecule has 0 heterocycles. The molecule has 0 aromatic heterocycles. The van der Waals surface area contributed by atoms with Crippen LogP contribution in [0.5, 0.6) is 0 Å². The highest BCUT2D eigenvalue weighted by atomic mass is 16.4. The fourth-order valence-corrected chi connectivity index (χ4v) is 3.12. The van der Waals surface area contributed by atoms with Crippen molar-refractivity contribution in [2.75, 3.05) is 0 Å². The summed E-state index contributed by atoms with van der Waals surface area (Å²) in [4.78, 5) is 23.4. The minimum Gasteiger partial charge on any atom is -0.480 e. The average Bonchev–Trinajstić information content (AvgIpc) is 2.50. The van der Waals surface area contributed by atoms with Crippen LogP contribution in [-0.2, 0) is 4.79 Å². The standard InChI is InChI=1S/C16H30N2O3/c1-4-11(3)14(15(19)20)18-16(21)17-13(5-2)12-9-7-6-8-10-12/h11-14H,4-10H2,1-3H3,(H,19,20)(H2,17,18,21)/t11?,13?,14-/m0/s1. The molecule has 0 aromatic rings. The van der Waals surface area contributed by atoms with Crippen LogP contribution >= 0.6 is 0 Å². The predicted octanol–water partition coefficient (Wildman–Crippen LogP) is 3.14. The summed E-state index contributed by atoms with van der Waals surface area (Å²) >= 11 is 0. The lowest BCUT2D eigenvalue weighted by Gasteiger charge is -2.31. The molecular formula is C16H30N2O3. The number of hydrogen-bond acceptors (Lipinski definition) is 2. The highest BCUT2D eigenvalue weighted by molar-refractivity contribution is 5.82. The Hall–Kier alpha value is -1.26. The molecule has 0 saturated heterocycles. The number of carboxylic acids is 1. The van der Waals surface area contributed by atoms with E-state index in [-0.39, 0.29) is 18.0 Å². The number of hydrogen-bond donors (Lipinski definition) is 3. The van der Waals surface area contributed by atoms with E-state index in [0.29, 0.717) is 5.92 Å². The first-order chi connectivity index (χ1) is 9.99. The topological polar surface area (TPSA) is 78.4 Å². The van der Waals surface area contributed by atoms with Crippen molar-refractivity contribution in [3.8, 4) is 0 Å². The van der Waals surface area contributed by atoms with Gasteiger partial charge in [-0.3, -0.25) is 0 Å². The van der Waals surface area contributed by atoms with Gasteiger partial charge in [0, 0.05) is 6.04 Å². The zero-order valence-corrected chi connectivity index (χ0v) is 13.5. The molecule has 2 unspecified atom stereocenters. The third-order valence-electron chi connectivity index (χ3n) is 4.74. The van der Waals surface area contributed by atoms with Gasteiger partial charge in [-0.25, -0.2) is 9.59 Å². The van der Waals surface area contributed by atoms with Gasteiger partial charge in [-0.2, -0.15) is 0 Å². The van der Waals surface area contributed by atoms with Gasteiger partial charge in [0.05, 0.1) is 0 Å². The number of aliphatic carboxylic acids is 1. The van der Waals surface area contributed by atoms with E-state index in [4.69, 9.17) is 0 Å². The SMILES string of the molecule is CCC(NC(=O)N[C@H](C(=O)O)C(C)CC)C1CCCCC1. The van der Waals surface area contributed by atoms with Crippen molar-refractivity contribution in [1.82, 2.24) is 10.6 Å². The first-order valence-corrected chi connectivity index (χ1v) is 8.29. The highest BCUT2D eigenvalue weighted by Gasteiger charge is 2.28. The quantitative estimate of drug-likeness (QED) is 0.675. The van der Waals surface area contributed by atoms with E-state index < -0.39 is 12.0 Å². The molecule has 5 nitrogen and oxygen atoms in total. The molecule has 0 radical (unpaired) electrons. The second kappa shape index (κ2) is 8.90. The summed E-state index contributed by atoms with van der Waals surface area (Å²) in [5.41, 5.74) is 0. The van der Waals surface area contributed by atoms with Crippen LogP contribution in [0.2, 0.25) is 0 Å². The summed E-state index contributed by atoms with van der Waals surface area (Å²) in [6.45, 7) is 5.84. The van der Waals surface area contributed by atoms with Crippen molar-refractivity contribution in [3.63, 3.8) is 0 Å². The molecule has 0 bridgehead atoms. The Bertz CT molecular complexity index is 340. The van der Waals surface area contributed by atoms with Crippen molar-refractivity contribution in [2.45, 2.75) is 77.8 Å². The molecule has 1 aliphatic rings. The fourth-order valence-electron chi connectivity index (χ4n) is 3.12. The Kier molecular flexibility index (Phi) is 7.54. The molecule has 1 saturated carbocycles. The summed E-state index contributed by atoms with van der Waals surface area (Å²) in [7, 11) is 0. The normalized spacial score (nSPS) is 20.3. The van der Waals surface area contributed by atoms with E-state index in [1.807, 2.05) is 13.8 Å². The van der Waals surface area contributed by atoms with Crippen LogP contribution in [0.3, 0.4) is 0 Å². The minimum absolute atomic E-state index is 0.0805. The van der Waals surface area contributed by atoms with Crippen molar-refractivity contribution >= 4 is 12.0 Å². The van der Waals surface area contributed by atoms with Gasteiger partial charge < -0.3 is 15.7 Å². The molecule has 0 aliphatic heterocycles. The Morgan fingerprint density at radius 3 is 2.19 bits per heavy atom. The lowest BCUT2D eigenvalue weighted by Crippen LogP contribution is -2.52. The van der Waals surface area contributed by atoms with Crippen LogP contribution in [0.4, 0.5) is 4.79 Å². The summed E-state index contributed by atoms with van der Waals surface area (Å²) in [6.07, 6.45) is 7.67. The molecule has 1 rings (SSSR count). The summed E-state index contributed by atoms with van der Waals surface area (Å²) in [5, 5.41) is 14.8. The minimum atomic E-state index is -0.967. The molecular weight excluding hydrogens is 268 g/mol. The van der Waals surface area contributed by atoms with E-state index in [2.05, 4.69) is 17.6 Å². The average molecular weight is 298 g/mol. The van der Waals surface area contributed by atoms with Gasteiger partial charge in [-0.1, -0.05) is 46.5 Å². The van der Waals surface area contributed by atoms with Gasteiger partial charge >= 0.3 is 12.0 Å². The highest BCUT2D eigenvalue weighted by Crippen LogP contribution is 2.27. The monoisotopic (exact) mass is 298 g/mol. The molecule has 1 fully saturated rings. The number of carbonyl (C=O) groups excluding carboxylic acids is 1. The van der Waals surface area contributed by atoms with Crippen LogP contribution in [-0.4, -0.2) is 29.2 Å². The van der Waals surface area contributed by atoms with Crippen molar-refractivity contribution in [3.05, 3.63) is 0 Å². The number of nitrogens with one attached hydrogen (secondary N) is 2. The first kappa shape index (κ1) is 17.8. The zero-order valence-electron chi connectivity index (χ0n) is 13.5. The number of amides is 2. The molecule has 2 amide bonds. The van der Waals surface area contributed by atoms with E-state index in [9.17, 15) is 14.7 Å².